The van der Waals surface area contributed by atoms with E-state index in [-0.39, 0.29) is 0 Å². The molecule has 81 heavy (non-hydrogen) atoms. The Hall–Kier alpha value is -6.41. The fraction of sp³-hybridized carbons (Fsp3) is 0.655. The molecule has 0 aromatic carbocycles. The molecule has 0 bridgehead atoms. The van der Waals surface area contributed by atoms with Crippen molar-refractivity contribution in [1.29, 1.82) is 0 Å². The Morgan fingerprint density at radius 3 is 0.753 bits per heavy atom. The van der Waals surface area contributed by atoms with Crippen molar-refractivity contribution in [3.05, 3.63) is 116 Å². The van der Waals surface area contributed by atoms with Crippen LogP contribution in [0.5, 0.6) is 0 Å². The first-order valence-electron chi connectivity index (χ1n) is 29.3. The fourth-order valence-electron chi connectivity index (χ4n) is 1.39. The van der Waals surface area contributed by atoms with Gasteiger partial charge in [-0.2, -0.15) is 45.4 Å². The highest BCUT2D eigenvalue weighted by Gasteiger charge is 1.63. The molecule has 0 amide bonds. The number of H-pyrrole nitrogens is 4. The first-order valence-corrected chi connectivity index (χ1v) is 31.9. The van der Waals surface area contributed by atoms with E-state index in [1.165, 1.54) is 91.5 Å². The highest BCUT2D eigenvalue weighted by molar-refractivity contribution is 7.07. The average molecular weight is 1210 g/mol. The SMILES string of the molecule is CC.CC.CC.CC.CC.CC.CC.CC.CC.CC.CC.CC.CC.CC.CC.CC.CC.CC.c1cn[nH]n1.c1cn[nH]n1.c1cnsc1.c1nc[nH]n1.c1nc[nH]n1.c1ncon1.c1ncsn1.c1nnco1.c1nncs1. The predicted molar refractivity (Wildman–Crippen MR) is 360 cm³/mol. The van der Waals surface area contributed by atoms with Gasteiger partial charge < -0.3 is 8.94 Å². The topological polar surface area (TPSA) is 309 Å². The zero-order valence-electron chi connectivity index (χ0n) is 58.6. The molecule has 9 rings (SSSR count). The van der Waals surface area contributed by atoms with Gasteiger partial charge in [0.2, 0.25) is 19.2 Å². The molecule has 0 saturated carbocycles. The van der Waals surface area contributed by atoms with Crippen LogP contribution in [-0.2, 0) is 0 Å². The summed E-state index contributed by atoms with van der Waals surface area (Å²) in [5.74, 6) is 0. The molecule has 0 aliphatic heterocycles. The normalized spacial score (nSPS) is 5.78. The van der Waals surface area contributed by atoms with Crippen LogP contribution in [0.15, 0.2) is 125 Å². The number of rotatable bonds is 0. The molecule has 0 aliphatic carbocycles. The second-order valence-corrected chi connectivity index (χ2v) is 7.64. The van der Waals surface area contributed by atoms with Gasteiger partial charge in [0.25, 0.3) is 0 Å². The van der Waals surface area contributed by atoms with Crippen molar-refractivity contribution in [2.75, 3.05) is 0 Å². The van der Waals surface area contributed by atoms with Crippen LogP contribution in [0.2, 0.25) is 0 Å². The molecule has 4 N–H and O–H groups in total. The van der Waals surface area contributed by atoms with Crippen LogP contribution in [0.1, 0.15) is 249 Å². The number of hydrogen-bond donors (Lipinski definition) is 4. The summed E-state index contributed by atoms with van der Waals surface area (Å²) < 4.78 is 16.0. The van der Waals surface area contributed by atoms with Gasteiger partial charge >= 0.3 is 0 Å². The van der Waals surface area contributed by atoms with Gasteiger partial charge in [-0.3, -0.25) is 10.2 Å². The fourth-order valence-corrected chi connectivity index (χ4v) is 2.28. The third kappa shape index (κ3) is 253. The van der Waals surface area contributed by atoms with Crippen molar-refractivity contribution >= 4 is 34.4 Å². The average Bonchev–Trinajstić information content (AvgIpc) is 4.45. The third-order valence-electron chi connectivity index (χ3n) is 2.80. The van der Waals surface area contributed by atoms with Gasteiger partial charge in [0, 0.05) is 11.6 Å². The van der Waals surface area contributed by atoms with E-state index >= 15 is 0 Å². The van der Waals surface area contributed by atoms with E-state index < -0.39 is 0 Å². The lowest BCUT2D eigenvalue weighted by Crippen LogP contribution is -1.61. The van der Waals surface area contributed by atoms with E-state index in [1.54, 1.807) is 47.5 Å². The lowest BCUT2D eigenvalue weighted by Gasteiger charge is -1.48. The highest BCUT2D eigenvalue weighted by Crippen LogP contribution is 1.84. The number of nitrogens with zero attached hydrogens (tertiary/aromatic N) is 17. The Bertz CT molecular complexity index is 980. The second-order valence-electron chi connectivity index (χ2n) is 5.62. The summed E-state index contributed by atoms with van der Waals surface area (Å²) in [6, 6.07) is 1.91. The Balaban J connectivity index is -0.0000000323. The van der Waals surface area contributed by atoms with E-state index in [0.717, 1.165) is 0 Å². The first-order chi connectivity index (χ1) is 40.5. The van der Waals surface area contributed by atoms with Crippen LogP contribution in [0, 0.1) is 0 Å². The Kier molecular flexibility index (Phi) is 405. The molecule has 9 aromatic rings. The van der Waals surface area contributed by atoms with Crippen LogP contribution in [0.4, 0.5) is 0 Å². The van der Waals surface area contributed by atoms with Crippen molar-refractivity contribution in [3.63, 3.8) is 0 Å². The number of aromatic amines is 4. The summed E-state index contributed by atoms with van der Waals surface area (Å²) in [6.45, 7) is 72.0. The summed E-state index contributed by atoms with van der Waals surface area (Å²) in [4.78, 5) is 14.2. The van der Waals surface area contributed by atoms with Crippen LogP contribution in [-0.4, -0.2) is 105 Å². The van der Waals surface area contributed by atoms with Crippen molar-refractivity contribution in [2.24, 2.45) is 0 Å². The summed E-state index contributed by atoms with van der Waals surface area (Å²) in [6.07, 6.45) is 20.7. The minimum absolute atomic E-state index is 1.26. The smallest absolute Gasteiger partial charge is 0.213 e. The Morgan fingerprint density at radius 2 is 0.667 bits per heavy atom. The van der Waals surface area contributed by atoms with Crippen molar-refractivity contribution < 1.29 is 8.94 Å². The summed E-state index contributed by atoms with van der Waals surface area (Å²) >= 11 is 4.31. The predicted octanol–water partition coefficient (Wildman–Crippen LogP) is 20.0. The number of hydrogen-bond acceptors (Lipinski definition) is 22. The molecular formula is C55H131N21O2S3. The molecule has 0 unspecified atom stereocenters. The maximum absolute atomic E-state index is 4.36. The molecule has 9 aromatic heterocycles. The Labute approximate surface area is 511 Å². The summed E-state index contributed by atoms with van der Waals surface area (Å²) in [5.41, 5.74) is 5.04. The van der Waals surface area contributed by atoms with Gasteiger partial charge in [0.05, 0.1) is 24.8 Å². The zero-order chi connectivity index (χ0) is 67.8. The van der Waals surface area contributed by atoms with Gasteiger partial charge in [-0.05, 0) is 29.1 Å². The first kappa shape index (κ1) is 126. The van der Waals surface area contributed by atoms with Crippen molar-refractivity contribution in [2.45, 2.75) is 249 Å². The van der Waals surface area contributed by atoms with E-state index in [9.17, 15) is 0 Å². The zero-order valence-corrected chi connectivity index (χ0v) is 61.1. The van der Waals surface area contributed by atoms with Gasteiger partial charge in [-0.15, -0.1) is 31.7 Å². The number of nitrogens with one attached hydrogen (secondary N) is 4. The third-order valence-corrected chi connectivity index (χ3v) is 4.19. The summed E-state index contributed by atoms with van der Waals surface area (Å²) in [5, 5.41) is 49.4. The maximum atomic E-state index is 4.36. The van der Waals surface area contributed by atoms with E-state index in [2.05, 4.69) is 114 Å². The van der Waals surface area contributed by atoms with Crippen molar-refractivity contribution in [3.8, 4) is 0 Å². The maximum Gasteiger partial charge on any atom is 0.213 e. The minimum atomic E-state index is 1.26. The van der Waals surface area contributed by atoms with Crippen LogP contribution < -0.4 is 0 Å². The molecule has 0 saturated heterocycles. The number of aromatic nitrogens is 21. The molecule has 0 aliphatic rings. The van der Waals surface area contributed by atoms with Gasteiger partial charge in [-0.25, -0.2) is 24.3 Å². The quantitative estimate of drug-likeness (QED) is 0.110. The molecule has 9 heterocycles. The second kappa shape index (κ2) is 260. The van der Waals surface area contributed by atoms with E-state index in [4.69, 9.17) is 0 Å². The standard InChI is InChI=1S/C3H3NS.4C2H3N3.2C2H2N2O.2C2H2N2S.18C2H6/c1-2-4-5-3-1;2*1-3-2-5-4-1;2*1-2-4-5-3-1;1-3-4-2-5-1;1-3-2-5-4-1;1-3-4-2-5-1;1-3-2-5-4-1;18*1-2/h1-3H;4*1-2H,(H,3,4,5);4*1-2H;18*1-2H3. The van der Waals surface area contributed by atoms with Crippen LogP contribution >= 0.6 is 34.4 Å². The van der Waals surface area contributed by atoms with E-state index in [0.29, 0.717) is 0 Å². The van der Waals surface area contributed by atoms with E-state index in [1.807, 2.05) is 261 Å². The molecule has 0 fully saturated rings. The molecule has 23 nitrogen and oxygen atoms in total. The lowest BCUT2D eigenvalue weighted by atomic mass is 10.8. The minimum Gasteiger partial charge on any atom is -0.431 e. The molecule has 0 atom stereocenters. The molecule has 26 heteroatoms. The van der Waals surface area contributed by atoms with Crippen LogP contribution in [0.3, 0.4) is 0 Å². The van der Waals surface area contributed by atoms with Gasteiger partial charge in [0.15, 0.2) is 6.33 Å². The van der Waals surface area contributed by atoms with Gasteiger partial charge in [-0.1, -0.05) is 254 Å². The van der Waals surface area contributed by atoms with Crippen LogP contribution in [0.25, 0.3) is 0 Å². The molecule has 0 spiro atoms. The van der Waals surface area contributed by atoms with Crippen molar-refractivity contribution in [1.82, 2.24) is 105 Å². The van der Waals surface area contributed by atoms with Gasteiger partial charge in [0.1, 0.15) is 48.2 Å². The molecule has 486 valence electrons. The molecular weight excluding hydrogens is 1080 g/mol. The molecule has 0 radical (unpaired) electrons. The Morgan fingerprint density at radius 1 is 0.309 bits per heavy atom. The summed E-state index contributed by atoms with van der Waals surface area (Å²) in [7, 11) is 0. The monoisotopic (exact) mass is 1210 g/mol. The highest BCUT2D eigenvalue weighted by atomic mass is 32.1. The largest absolute Gasteiger partial charge is 0.431 e. The lowest BCUT2D eigenvalue weighted by molar-refractivity contribution is 0.416.